The molecule has 0 unspecified atom stereocenters. The largest absolute Gasteiger partial charge is 0.493 e. The third kappa shape index (κ3) is 5.46. The number of ether oxygens (including phenoxy) is 3. The highest BCUT2D eigenvalue weighted by molar-refractivity contribution is 8.18. The summed E-state index contributed by atoms with van der Waals surface area (Å²) < 4.78 is 15.6. The quantitative estimate of drug-likeness (QED) is 0.449. The molecule has 162 valence electrons. The smallest absolute Gasteiger partial charge is 0.344 e. The van der Waals surface area contributed by atoms with Crippen molar-refractivity contribution in [3.63, 3.8) is 0 Å². The number of nitrogens with zero attached hydrogens (tertiary/aromatic N) is 1. The topological polar surface area (TPSA) is 82.1 Å². The highest BCUT2D eigenvalue weighted by Gasteiger charge is 2.35. The van der Waals surface area contributed by atoms with Gasteiger partial charge in [0.25, 0.3) is 11.1 Å². The lowest BCUT2D eigenvalue weighted by molar-refractivity contribution is -0.145. The molecule has 31 heavy (non-hydrogen) atoms. The summed E-state index contributed by atoms with van der Waals surface area (Å²) in [7, 11) is 1.49. The molecule has 3 rings (SSSR count). The van der Waals surface area contributed by atoms with E-state index in [1.54, 1.807) is 31.2 Å². The van der Waals surface area contributed by atoms with Gasteiger partial charge in [0.2, 0.25) is 0 Å². The van der Waals surface area contributed by atoms with Crippen LogP contribution in [0.1, 0.15) is 23.6 Å². The van der Waals surface area contributed by atoms with Gasteiger partial charge in [-0.25, -0.2) is 4.79 Å². The molecule has 0 saturated carbocycles. The van der Waals surface area contributed by atoms with Gasteiger partial charge in [0.1, 0.15) is 0 Å². The Morgan fingerprint density at radius 3 is 2.61 bits per heavy atom. The highest BCUT2D eigenvalue weighted by Crippen LogP contribution is 2.35. The lowest BCUT2D eigenvalue weighted by Crippen LogP contribution is -2.27. The molecular formula is C23H23NO6S. The van der Waals surface area contributed by atoms with Gasteiger partial charge in [-0.3, -0.25) is 14.5 Å². The summed E-state index contributed by atoms with van der Waals surface area (Å²) in [5, 5.41) is -0.313. The third-order valence-corrected chi connectivity index (χ3v) is 5.51. The van der Waals surface area contributed by atoms with Crippen LogP contribution in [-0.2, 0) is 20.9 Å². The number of rotatable bonds is 8. The van der Waals surface area contributed by atoms with Crippen LogP contribution in [0.2, 0.25) is 0 Å². The zero-order chi connectivity index (χ0) is 22.4. The minimum absolute atomic E-state index is 0.227. The van der Waals surface area contributed by atoms with Crippen LogP contribution in [-0.4, -0.2) is 42.3 Å². The van der Waals surface area contributed by atoms with Crippen LogP contribution in [0.3, 0.4) is 0 Å². The second kappa shape index (κ2) is 10.2. The van der Waals surface area contributed by atoms with Crippen molar-refractivity contribution >= 4 is 35.0 Å². The molecule has 1 saturated heterocycles. The van der Waals surface area contributed by atoms with Crippen LogP contribution in [0.5, 0.6) is 11.5 Å². The number of hydrogen-bond donors (Lipinski definition) is 0. The van der Waals surface area contributed by atoms with E-state index in [-0.39, 0.29) is 30.9 Å². The summed E-state index contributed by atoms with van der Waals surface area (Å²) >= 11 is 0.895. The summed E-state index contributed by atoms with van der Waals surface area (Å²) in [5.41, 5.74) is 2.58. The van der Waals surface area contributed by atoms with E-state index in [1.165, 1.54) is 12.0 Å². The molecule has 0 radical (unpaired) electrons. The van der Waals surface area contributed by atoms with Crippen LogP contribution < -0.4 is 9.47 Å². The standard InChI is InChI=1S/C23H23NO6S/c1-4-29-21(25)14-30-19-11-16(9-10-18(19)28-3)12-20-22(26)24(23(27)31-20)13-17-8-6-5-7-15(17)2/h5-12H,4,13-14H2,1-3H3/b20-12-. The lowest BCUT2D eigenvalue weighted by Gasteiger charge is -2.14. The Hall–Kier alpha value is -3.26. The second-order valence-electron chi connectivity index (χ2n) is 6.70. The Morgan fingerprint density at radius 1 is 1.13 bits per heavy atom. The first-order chi connectivity index (χ1) is 14.9. The first-order valence-electron chi connectivity index (χ1n) is 9.69. The highest BCUT2D eigenvalue weighted by atomic mass is 32.2. The van der Waals surface area contributed by atoms with Crippen molar-refractivity contribution < 1.29 is 28.6 Å². The van der Waals surface area contributed by atoms with E-state index in [9.17, 15) is 14.4 Å². The Morgan fingerprint density at radius 2 is 1.90 bits per heavy atom. The van der Waals surface area contributed by atoms with Gasteiger partial charge in [0.05, 0.1) is 25.2 Å². The van der Waals surface area contributed by atoms with Crippen LogP contribution in [0.25, 0.3) is 6.08 Å². The summed E-state index contributed by atoms with van der Waals surface area (Å²) in [6.45, 7) is 3.88. The fraction of sp³-hybridized carbons (Fsp3) is 0.261. The predicted molar refractivity (Wildman–Crippen MR) is 118 cm³/mol. The number of hydrogen-bond acceptors (Lipinski definition) is 7. The molecule has 0 atom stereocenters. The van der Waals surface area contributed by atoms with Crippen molar-refractivity contribution in [2.45, 2.75) is 20.4 Å². The number of methoxy groups -OCH3 is 1. The number of carbonyl (C=O) groups is 3. The summed E-state index contributed by atoms with van der Waals surface area (Å²) in [6.07, 6.45) is 1.62. The first-order valence-corrected chi connectivity index (χ1v) is 10.5. The van der Waals surface area contributed by atoms with Gasteiger partial charge in [-0.15, -0.1) is 0 Å². The average Bonchev–Trinajstić information content (AvgIpc) is 3.01. The monoisotopic (exact) mass is 441 g/mol. The van der Waals surface area contributed by atoms with E-state index >= 15 is 0 Å². The number of aryl methyl sites for hydroxylation is 1. The number of amides is 2. The number of thioether (sulfide) groups is 1. The Balaban J connectivity index is 1.78. The number of esters is 1. The minimum atomic E-state index is -0.493. The van der Waals surface area contributed by atoms with E-state index in [2.05, 4.69) is 0 Å². The van der Waals surface area contributed by atoms with Crippen molar-refractivity contribution in [2.75, 3.05) is 20.3 Å². The normalized spacial score (nSPS) is 14.8. The van der Waals surface area contributed by atoms with Crippen LogP contribution in [0, 0.1) is 6.92 Å². The second-order valence-corrected chi connectivity index (χ2v) is 7.69. The Labute approximate surface area is 185 Å². The predicted octanol–water partition coefficient (Wildman–Crippen LogP) is 4.18. The van der Waals surface area contributed by atoms with Crippen molar-refractivity contribution in [2.24, 2.45) is 0 Å². The van der Waals surface area contributed by atoms with E-state index in [1.807, 2.05) is 31.2 Å². The molecule has 1 aliphatic heterocycles. The molecule has 1 heterocycles. The molecule has 0 N–H and O–H groups in total. The van der Waals surface area contributed by atoms with Crippen LogP contribution in [0.4, 0.5) is 4.79 Å². The third-order valence-electron chi connectivity index (χ3n) is 4.60. The lowest BCUT2D eigenvalue weighted by atomic mass is 10.1. The van der Waals surface area contributed by atoms with E-state index < -0.39 is 5.97 Å². The molecule has 0 bridgehead atoms. The summed E-state index contributed by atoms with van der Waals surface area (Å²) in [4.78, 5) is 38.4. The summed E-state index contributed by atoms with van der Waals surface area (Å²) in [5.74, 6) is -0.0621. The zero-order valence-electron chi connectivity index (χ0n) is 17.5. The molecule has 2 aromatic rings. The molecule has 2 amide bonds. The first kappa shape index (κ1) is 22.4. The molecule has 8 heteroatoms. The fourth-order valence-electron chi connectivity index (χ4n) is 2.98. The maximum atomic E-state index is 12.8. The van der Waals surface area contributed by atoms with Gasteiger partial charge in [-0.2, -0.15) is 0 Å². The van der Waals surface area contributed by atoms with Crippen LogP contribution in [0.15, 0.2) is 47.4 Å². The van der Waals surface area contributed by atoms with E-state index in [0.29, 0.717) is 22.0 Å². The molecule has 0 aromatic heterocycles. The van der Waals surface area contributed by atoms with Crippen molar-refractivity contribution in [1.82, 2.24) is 4.90 Å². The van der Waals surface area contributed by atoms with Gasteiger partial charge < -0.3 is 14.2 Å². The van der Waals surface area contributed by atoms with Gasteiger partial charge in [-0.1, -0.05) is 30.3 Å². The molecule has 2 aromatic carbocycles. The zero-order valence-corrected chi connectivity index (χ0v) is 18.4. The van der Waals surface area contributed by atoms with Crippen molar-refractivity contribution in [3.05, 3.63) is 64.1 Å². The number of carbonyl (C=O) groups excluding carboxylic acids is 3. The fourth-order valence-corrected chi connectivity index (χ4v) is 3.82. The number of benzene rings is 2. The average molecular weight is 442 g/mol. The molecule has 0 spiro atoms. The van der Waals surface area contributed by atoms with Gasteiger partial charge in [-0.05, 0) is 60.5 Å². The van der Waals surface area contributed by atoms with Gasteiger partial charge >= 0.3 is 5.97 Å². The maximum Gasteiger partial charge on any atom is 0.344 e. The van der Waals surface area contributed by atoms with Gasteiger partial charge in [0, 0.05) is 0 Å². The molecule has 7 nitrogen and oxygen atoms in total. The molecule has 0 aliphatic carbocycles. The van der Waals surface area contributed by atoms with Gasteiger partial charge in [0.15, 0.2) is 18.1 Å². The number of imide groups is 1. The molecule has 1 fully saturated rings. The van der Waals surface area contributed by atoms with Crippen molar-refractivity contribution in [3.8, 4) is 11.5 Å². The SMILES string of the molecule is CCOC(=O)COc1cc(/C=C2\SC(=O)N(Cc3ccccc3C)C2=O)ccc1OC. The molecule has 1 aliphatic rings. The van der Waals surface area contributed by atoms with E-state index in [4.69, 9.17) is 14.2 Å². The Bertz CT molecular complexity index is 1030. The maximum absolute atomic E-state index is 12.8. The Kier molecular flexibility index (Phi) is 7.36. The van der Waals surface area contributed by atoms with Crippen LogP contribution >= 0.6 is 11.8 Å². The summed E-state index contributed by atoms with van der Waals surface area (Å²) in [6, 6.07) is 12.7. The van der Waals surface area contributed by atoms with E-state index in [0.717, 1.165) is 22.9 Å². The van der Waals surface area contributed by atoms with Crippen molar-refractivity contribution in [1.29, 1.82) is 0 Å². The molecular weight excluding hydrogens is 418 g/mol. The minimum Gasteiger partial charge on any atom is -0.493 e.